The van der Waals surface area contributed by atoms with E-state index in [2.05, 4.69) is 6.58 Å². The van der Waals surface area contributed by atoms with Gasteiger partial charge in [-0.3, -0.25) is 0 Å². The smallest absolute Gasteiger partial charge is 0.205 e. The minimum atomic E-state index is -4.73. The average Bonchev–Trinajstić information content (AvgIpc) is 2.10. The quantitative estimate of drug-likeness (QED) is 0.512. The van der Waals surface area contributed by atoms with Gasteiger partial charge in [0.25, 0.3) is 0 Å². The number of allylic oxidation sites excluding steroid dienone is 1. The van der Waals surface area contributed by atoms with E-state index < -0.39 is 34.0 Å². The first-order valence-corrected chi connectivity index (χ1v) is 4.02. The van der Waals surface area contributed by atoms with E-state index in [1.807, 2.05) is 0 Å². The van der Waals surface area contributed by atoms with Crippen molar-refractivity contribution in [1.29, 1.82) is 0 Å². The van der Waals surface area contributed by atoms with Crippen molar-refractivity contribution in [2.45, 2.75) is 6.18 Å². The first-order chi connectivity index (χ1) is 6.73. The van der Waals surface area contributed by atoms with E-state index in [0.717, 1.165) is 0 Å². The molecule has 82 valence electrons. The largest absolute Gasteiger partial charge is 0.416 e. The van der Waals surface area contributed by atoms with Gasteiger partial charge in [0.15, 0.2) is 0 Å². The van der Waals surface area contributed by atoms with E-state index >= 15 is 0 Å². The maximum Gasteiger partial charge on any atom is 0.416 e. The predicted molar refractivity (Wildman–Crippen MR) is 46.5 cm³/mol. The summed E-state index contributed by atoms with van der Waals surface area (Å²) in [4.78, 5) is 0. The molecule has 0 fully saturated rings. The topological polar surface area (TPSA) is 0 Å². The summed E-state index contributed by atoms with van der Waals surface area (Å²) in [5, 5.41) is -0.839. The minimum absolute atomic E-state index is 0.487. The summed E-state index contributed by atoms with van der Waals surface area (Å²) < 4.78 is 62.0. The van der Waals surface area contributed by atoms with E-state index in [1.165, 1.54) is 0 Å². The number of hydrogen-bond acceptors (Lipinski definition) is 0. The lowest BCUT2D eigenvalue weighted by atomic mass is 10.1. The molecule has 0 atom stereocenters. The van der Waals surface area contributed by atoms with Gasteiger partial charge in [0.05, 0.1) is 5.57 Å². The highest BCUT2D eigenvalue weighted by Crippen LogP contribution is 2.34. The Bertz CT molecular complexity index is 384. The molecule has 0 aliphatic heterocycles. The van der Waals surface area contributed by atoms with Crippen molar-refractivity contribution in [3.05, 3.63) is 40.9 Å². The van der Waals surface area contributed by atoms with Crippen LogP contribution in [-0.2, 0) is 0 Å². The van der Waals surface area contributed by atoms with Crippen LogP contribution in [0.25, 0.3) is 5.57 Å². The first kappa shape index (κ1) is 12.0. The van der Waals surface area contributed by atoms with Gasteiger partial charge in [0.1, 0.15) is 16.7 Å². The van der Waals surface area contributed by atoms with Crippen molar-refractivity contribution in [2.24, 2.45) is 0 Å². The summed E-state index contributed by atoms with van der Waals surface area (Å²) in [6.07, 6.45) is -4.73. The number of benzene rings is 1. The zero-order valence-electron chi connectivity index (χ0n) is 7.13. The standard InChI is InChI=1S/C9H4ClF5/c1-4(9(13,14)15)5-2-6(11)8(10)7(12)3-5/h2-3H,1H2. The SMILES string of the molecule is C=C(c1cc(F)c(Cl)c(F)c1)C(F)(F)F. The van der Waals surface area contributed by atoms with Crippen LogP contribution in [0, 0.1) is 11.6 Å². The lowest BCUT2D eigenvalue weighted by molar-refractivity contribution is -0.0686. The Morgan fingerprint density at radius 3 is 1.87 bits per heavy atom. The highest BCUT2D eigenvalue weighted by Gasteiger charge is 2.33. The fourth-order valence-electron chi connectivity index (χ4n) is 0.893. The third-order valence-electron chi connectivity index (χ3n) is 1.67. The Morgan fingerprint density at radius 1 is 1.13 bits per heavy atom. The van der Waals surface area contributed by atoms with Crippen LogP contribution in [0.2, 0.25) is 5.02 Å². The second kappa shape index (κ2) is 3.81. The molecule has 0 aliphatic carbocycles. The zero-order chi connectivity index (χ0) is 11.8. The summed E-state index contributed by atoms with van der Waals surface area (Å²) in [5.41, 5.74) is -2.00. The average molecular weight is 243 g/mol. The highest BCUT2D eigenvalue weighted by molar-refractivity contribution is 6.30. The second-order valence-corrected chi connectivity index (χ2v) is 3.11. The van der Waals surface area contributed by atoms with Crippen LogP contribution in [-0.4, -0.2) is 6.18 Å². The zero-order valence-corrected chi connectivity index (χ0v) is 7.89. The lowest BCUT2D eigenvalue weighted by Crippen LogP contribution is -2.10. The van der Waals surface area contributed by atoms with E-state index in [9.17, 15) is 22.0 Å². The molecular weight excluding hydrogens is 239 g/mol. The first-order valence-electron chi connectivity index (χ1n) is 3.64. The third kappa shape index (κ3) is 2.47. The molecule has 1 aromatic rings. The molecular formula is C9H4ClF5. The van der Waals surface area contributed by atoms with Crippen LogP contribution in [0.3, 0.4) is 0 Å². The molecule has 0 saturated heterocycles. The summed E-state index contributed by atoms with van der Waals surface area (Å²) in [7, 11) is 0. The van der Waals surface area contributed by atoms with Gasteiger partial charge in [0, 0.05) is 0 Å². The van der Waals surface area contributed by atoms with Crippen LogP contribution in [0.1, 0.15) is 5.56 Å². The number of rotatable bonds is 1. The Labute approximate surface area is 87.0 Å². The lowest BCUT2D eigenvalue weighted by Gasteiger charge is -2.10. The fraction of sp³-hybridized carbons (Fsp3) is 0.111. The van der Waals surface area contributed by atoms with Crippen LogP contribution in [0.4, 0.5) is 22.0 Å². The molecule has 0 aliphatic rings. The molecule has 15 heavy (non-hydrogen) atoms. The van der Waals surface area contributed by atoms with Gasteiger partial charge in [-0.2, -0.15) is 13.2 Å². The maximum absolute atomic E-state index is 12.8. The maximum atomic E-state index is 12.8. The van der Waals surface area contributed by atoms with E-state index in [0.29, 0.717) is 12.1 Å². The van der Waals surface area contributed by atoms with Crippen molar-refractivity contribution < 1.29 is 22.0 Å². The van der Waals surface area contributed by atoms with Crippen LogP contribution in [0.5, 0.6) is 0 Å². The molecule has 0 aromatic heterocycles. The summed E-state index contributed by atoms with van der Waals surface area (Å²) >= 11 is 5.11. The molecule has 0 radical (unpaired) electrons. The molecule has 0 spiro atoms. The summed E-state index contributed by atoms with van der Waals surface area (Å²) in [6, 6.07) is 0.975. The van der Waals surface area contributed by atoms with E-state index in [-0.39, 0.29) is 0 Å². The molecule has 0 unspecified atom stereocenters. The summed E-state index contributed by atoms with van der Waals surface area (Å²) in [6.45, 7) is 2.71. The van der Waals surface area contributed by atoms with Gasteiger partial charge in [-0.15, -0.1) is 0 Å². The van der Waals surface area contributed by atoms with Crippen molar-refractivity contribution in [3.8, 4) is 0 Å². The Morgan fingerprint density at radius 2 is 1.53 bits per heavy atom. The van der Waals surface area contributed by atoms with Gasteiger partial charge in [-0.05, 0) is 17.7 Å². The van der Waals surface area contributed by atoms with Crippen LogP contribution >= 0.6 is 11.6 Å². The Kier molecular flexibility index (Phi) is 3.04. The number of halogens is 6. The minimum Gasteiger partial charge on any atom is -0.205 e. The van der Waals surface area contributed by atoms with Crippen LogP contribution < -0.4 is 0 Å². The molecule has 0 bridgehead atoms. The number of hydrogen-bond donors (Lipinski definition) is 0. The number of alkyl halides is 3. The summed E-state index contributed by atoms with van der Waals surface area (Å²) in [5.74, 6) is -2.51. The van der Waals surface area contributed by atoms with Crippen molar-refractivity contribution in [1.82, 2.24) is 0 Å². The molecule has 1 aromatic carbocycles. The van der Waals surface area contributed by atoms with E-state index in [4.69, 9.17) is 11.6 Å². The molecule has 0 saturated carbocycles. The molecule has 1 rings (SSSR count). The van der Waals surface area contributed by atoms with Gasteiger partial charge in [-0.1, -0.05) is 18.2 Å². The van der Waals surface area contributed by atoms with Gasteiger partial charge < -0.3 is 0 Å². The molecule has 6 heteroatoms. The normalized spacial score (nSPS) is 11.6. The fourth-order valence-corrected chi connectivity index (χ4v) is 1.00. The van der Waals surface area contributed by atoms with Crippen molar-refractivity contribution in [3.63, 3.8) is 0 Å². The van der Waals surface area contributed by atoms with Crippen LogP contribution in [0.15, 0.2) is 18.7 Å². The third-order valence-corrected chi connectivity index (χ3v) is 2.04. The molecule has 0 heterocycles. The Balaban J connectivity index is 3.24. The molecule has 0 N–H and O–H groups in total. The molecule has 0 amide bonds. The predicted octanol–water partition coefficient (Wildman–Crippen LogP) is 4.19. The van der Waals surface area contributed by atoms with Gasteiger partial charge in [-0.25, -0.2) is 8.78 Å². The van der Waals surface area contributed by atoms with E-state index in [1.54, 1.807) is 0 Å². The monoisotopic (exact) mass is 242 g/mol. The second-order valence-electron chi connectivity index (χ2n) is 2.73. The highest BCUT2D eigenvalue weighted by atomic mass is 35.5. The van der Waals surface area contributed by atoms with Gasteiger partial charge >= 0.3 is 6.18 Å². The Hall–Kier alpha value is -1.10. The van der Waals surface area contributed by atoms with Gasteiger partial charge in [0.2, 0.25) is 0 Å². The van der Waals surface area contributed by atoms with Crippen molar-refractivity contribution in [2.75, 3.05) is 0 Å². The molecule has 0 nitrogen and oxygen atoms in total. The van der Waals surface area contributed by atoms with Crippen molar-refractivity contribution >= 4 is 17.2 Å².